The van der Waals surface area contributed by atoms with Gasteiger partial charge in [-0.1, -0.05) is 5.16 Å². The number of hydrogen-bond donors (Lipinski definition) is 1. The lowest BCUT2D eigenvalue weighted by Gasteiger charge is -2.13. The molecule has 0 spiro atoms. The van der Waals surface area contributed by atoms with Gasteiger partial charge in [-0.15, -0.1) is 0 Å². The molecule has 0 aliphatic carbocycles. The summed E-state index contributed by atoms with van der Waals surface area (Å²) >= 11 is 0. The molecule has 0 amide bonds. The van der Waals surface area contributed by atoms with Gasteiger partial charge in [0.15, 0.2) is 11.5 Å². The van der Waals surface area contributed by atoms with Crippen LogP contribution in [0.25, 0.3) is 11.6 Å². The van der Waals surface area contributed by atoms with E-state index in [0.717, 1.165) is 43.8 Å². The number of aryl methyl sites for hydroxylation is 1. The Labute approximate surface area is 117 Å². The van der Waals surface area contributed by atoms with Crippen LogP contribution in [0.2, 0.25) is 0 Å². The molecule has 0 aromatic carbocycles. The first-order valence-electron chi connectivity index (χ1n) is 6.97. The van der Waals surface area contributed by atoms with Crippen molar-refractivity contribution in [3.63, 3.8) is 0 Å². The molecule has 0 unspecified atom stereocenters. The van der Waals surface area contributed by atoms with Crippen LogP contribution in [0, 0.1) is 0 Å². The van der Waals surface area contributed by atoms with Crippen molar-refractivity contribution in [1.82, 2.24) is 25.2 Å². The van der Waals surface area contributed by atoms with Gasteiger partial charge < -0.3 is 14.6 Å². The van der Waals surface area contributed by atoms with Crippen LogP contribution in [0.4, 0.5) is 0 Å². The van der Waals surface area contributed by atoms with Gasteiger partial charge in [-0.2, -0.15) is 10.1 Å². The molecular formula is C13H19N5O2. The van der Waals surface area contributed by atoms with Gasteiger partial charge >= 0.3 is 0 Å². The summed E-state index contributed by atoms with van der Waals surface area (Å²) in [4.78, 5) is 4.42. The lowest BCUT2D eigenvalue weighted by molar-refractivity contribution is 0.109. The van der Waals surface area contributed by atoms with Crippen molar-refractivity contribution >= 4 is 0 Å². The van der Waals surface area contributed by atoms with E-state index >= 15 is 0 Å². The highest BCUT2D eigenvalue weighted by atomic mass is 16.5. The summed E-state index contributed by atoms with van der Waals surface area (Å²) in [5, 5.41) is 11.7. The average Bonchev–Trinajstić information content (AvgIpc) is 3.09. The van der Waals surface area contributed by atoms with Crippen molar-refractivity contribution in [2.75, 3.05) is 20.2 Å². The summed E-state index contributed by atoms with van der Waals surface area (Å²) in [6.45, 7) is 5.06. The minimum absolute atomic E-state index is 0.491. The summed E-state index contributed by atoms with van der Waals surface area (Å²) in [5.41, 5.74) is 3.08. The van der Waals surface area contributed by atoms with E-state index in [4.69, 9.17) is 9.26 Å². The van der Waals surface area contributed by atoms with Crippen LogP contribution in [0.1, 0.15) is 24.0 Å². The molecule has 0 saturated carbocycles. The quantitative estimate of drug-likeness (QED) is 0.870. The normalized spacial score (nSPS) is 14.5. The van der Waals surface area contributed by atoms with Crippen molar-refractivity contribution in [3.8, 4) is 11.6 Å². The number of nitrogens with one attached hydrogen (secondary N) is 1. The van der Waals surface area contributed by atoms with Crippen LogP contribution in [0.15, 0.2) is 4.52 Å². The molecule has 0 fully saturated rings. The molecule has 3 heterocycles. The first-order valence-corrected chi connectivity index (χ1v) is 6.97. The number of fused-ring (bicyclic) bond motifs is 1. The SMILES string of the molecule is CCn1nc(-c2nc(CCNC)no2)c2c1CCOC2. The van der Waals surface area contributed by atoms with Crippen LogP contribution in [-0.4, -0.2) is 40.1 Å². The molecule has 2 aromatic heterocycles. The van der Waals surface area contributed by atoms with Crippen LogP contribution >= 0.6 is 0 Å². The summed E-state index contributed by atoms with van der Waals surface area (Å²) in [7, 11) is 1.90. The van der Waals surface area contributed by atoms with E-state index in [1.807, 2.05) is 11.7 Å². The predicted octanol–water partition coefficient (Wildman–Crippen LogP) is 0.788. The zero-order chi connectivity index (χ0) is 13.9. The zero-order valence-corrected chi connectivity index (χ0v) is 11.8. The van der Waals surface area contributed by atoms with Crippen LogP contribution in [-0.2, 0) is 30.7 Å². The van der Waals surface area contributed by atoms with Gasteiger partial charge in [-0.25, -0.2) is 0 Å². The van der Waals surface area contributed by atoms with Crippen molar-refractivity contribution in [1.29, 1.82) is 0 Å². The fourth-order valence-corrected chi connectivity index (χ4v) is 2.43. The second-order valence-electron chi connectivity index (χ2n) is 4.76. The molecule has 1 aliphatic heterocycles. The number of hydrogen-bond acceptors (Lipinski definition) is 6. The Bertz CT molecular complexity index is 590. The molecule has 2 aromatic rings. The fourth-order valence-electron chi connectivity index (χ4n) is 2.43. The Kier molecular flexibility index (Phi) is 3.79. The topological polar surface area (TPSA) is 78.0 Å². The molecule has 0 saturated heterocycles. The van der Waals surface area contributed by atoms with Gasteiger partial charge in [0.25, 0.3) is 5.89 Å². The predicted molar refractivity (Wildman–Crippen MR) is 72.2 cm³/mol. The molecule has 108 valence electrons. The Morgan fingerprint density at radius 1 is 1.40 bits per heavy atom. The van der Waals surface area contributed by atoms with E-state index in [2.05, 4.69) is 27.5 Å². The summed E-state index contributed by atoms with van der Waals surface area (Å²) < 4.78 is 12.9. The largest absolute Gasteiger partial charge is 0.376 e. The molecule has 0 bridgehead atoms. The van der Waals surface area contributed by atoms with Crippen molar-refractivity contribution in [2.24, 2.45) is 0 Å². The lowest BCUT2D eigenvalue weighted by Crippen LogP contribution is -2.13. The standard InChI is InChI=1S/C13H19N5O2/c1-3-18-10-5-7-19-8-9(10)12(16-18)13-15-11(17-20-13)4-6-14-2/h14H,3-8H2,1-2H3. The Balaban J connectivity index is 1.93. The minimum atomic E-state index is 0.491. The molecule has 0 radical (unpaired) electrons. The molecule has 0 atom stereocenters. The number of nitrogens with zero attached hydrogens (tertiary/aromatic N) is 4. The number of likely N-dealkylation sites (N-methyl/N-ethyl adjacent to an activating group) is 1. The van der Waals surface area contributed by atoms with Gasteiger partial charge in [0.1, 0.15) is 0 Å². The Morgan fingerprint density at radius 2 is 2.30 bits per heavy atom. The number of rotatable bonds is 5. The molecule has 1 N–H and O–H groups in total. The monoisotopic (exact) mass is 277 g/mol. The molecule has 1 aliphatic rings. The lowest BCUT2D eigenvalue weighted by atomic mass is 10.1. The van der Waals surface area contributed by atoms with Gasteiger partial charge in [0, 0.05) is 37.2 Å². The maximum absolute atomic E-state index is 5.53. The third-order valence-electron chi connectivity index (χ3n) is 3.46. The molecule has 20 heavy (non-hydrogen) atoms. The molecule has 3 rings (SSSR count). The maximum Gasteiger partial charge on any atom is 0.278 e. The van der Waals surface area contributed by atoms with Crippen LogP contribution < -0.4 is 5.32 Å². The van der Waals surface area contributed by atoms with E-state index in [-0.39, 0.29) is 0 Å². The van der Waals surface area contributed by atoms with Crippen LogP contribution in [0.3, 0.4) is 0 Å². The Hall–Kier alpha value is -1.73. The number of ether oxygens (including phenoxy) is 1. The van der Waals surface area contributed by atoms with E-state index in [1.54, 1.807) is 0 Å². The molecule has 7 heteroatoms. The van der Waals surface area contributed by atoms with E-state index in [0.29, 0.717) is 18.3 Å². The maximum atomic E-state index is 5.53. The van der Waals surface area contributed by atoms with Gasteiger partial charge in [-0.3, -0.25) is 4.68 Å². The van der Waals surface area contributed by atoms with Crippen molar-refractivity contribution in [2.45, 2.75) is 32.9 Å². The summed E-state index contributed by atoms with van der Waals surface area (Å²) in [6.07, 6.45) is 1.63. The van der Waals surface area contributed by atoms with Crippen molar-refractivity contribution in [3.05, 3.63) is 17.1 Å². The second kappa shape index (κ2) is 5.72. The van der Waals surface area contributed by atoms with E-state index in [9.17, 15) is 0 Å². The van der Waals surface area contributed by atoms with E-state index < -0.39 is 0 Å². The second-order valence-corrected chi connectivity index (χ2v) is 4.76. The Morgan fingerprint density at radius 3 is 3.10 bits per heavy atom. The van der Waals surface area contributed by atoms with Gasteiger partial charge in [0.05, 0.1) is 13.2 Å². The van der Waals surface area contributed by atoms with Crippen molar-refractivity contribution < 1.29 is 9.26 Å². The highest BCUT2D eigenvalue weighted by Gasteiger charge is 2.25. The van der Waals surface area contributed by atoms with Gasteiger partial charge in [0.2, 0.25) is 0 Å². The third-order valence-corrected chi connectivity index (χ3v) is 3.46. The number of aromatic nitrogens is 4. The zero-order valence-electron chi connectivity index (χ0n) is 11.8. The molecular weight excluding hydrogens is 258 g/mol. The summed E-state index contributed by atoms with van der Waals surface area (Å²) in [5.74, 6) is 1.19. The first-order chi connectivity index (χ1) is 9.83. The minimum Gasteiger partial charge on any atom is -0.376 e. The molecule has 7 nitrogen and oxygen atoms in total. The van der Waals surface area contributed by atoms with E-state index in [1.165, 1.54) is 5.69 Å². The average molecular weight is 277 g/mol. The smallest absolute Gasteiger partial charge is 0.278 e. The highest BCUT2D eigenvalue weighted by Crippen LogP contribution is 2.28. The van der Waals surface area contributed by atoms with Crippen LogP contribution in [0.5, 0.6) is 0 Å². The highest BCUT2D eigenvalue weighted by molar-refractivity contribution is 5.55. The first kappa shape index (κ1) is 13.3. The third kappa shape index (κ3) is 2.34. The fraction of sp³-hybridized carbons (Fsp3) is 0.615. The van der Waals surface area contributed by atoms with Gasteiger partial charge in [-0.05, 0) is 14.0 Å². The summed E-state index contributed by atoms with van der Waals surface area (Å²) in [6, 6.07) is 0.